The maximum atomic E-state index is 12.1. The van der Waals surface area contributed by atoms with E-state index in [1.807, 2.05) is 36.4 Å². The molecule has 0 saturated carbocycles. The zero-order valence-corrected chi connectivity index (χ0v) is 11.7. The first-order chi connectivity index (χ1) is 9.19. The Morgan fingerprint density at radius 3 is 2.26 bits per heavy atom. The van der Waals surface area contributed by atoms with Crippen LogP contribution < -0.4 is 10.5 Å². The summed E-state index contributed by atoms with van der Waals surface area (Å²) < 4.78 is 17.2. The summed E-state index contributed by atoms with van der Waals surface area (Å²) in [7, 11) is 0.658. The second kappa shape index (κ2) is 6.38. The molecule has 2 aromatic carbocycles. The third-order valence-electron chi connectivity index (χ3n) is 2.88. The Morgan fingerprint density at radius 1 is 1.05 bits per heavy atom. The second-order valence-electron chi connectivity index (χ2n) is 4.22. The molecular formula is C15H17NO2S. The lowest BCUT2D eigenvalue weighted by Crippen LogP contribution is -2.02. The number of aryl methyl sites for hydroxylation is 1. The molecule has 0 bridgehead atoms. The molecule has 0 saturated heterocycles. The Balaban J connectivity index is 1.94. The quantitative estimate of drug-likeness (QED) is 0.853. The van der Waals surface area contributed by atoms with Crippen molar-refractivity contribution < 1.29 is 8.95 Å². The number of rotatable bonds is 5. The van der Waals surface area contributed by atoms with Crippen LogP contribution in [0, 0.1) is 0 Å². The Kier molecular flexibility index (Phi) is 4.58. The Labute approximate surface area is 115 Å². The van der Waals surface area contributed by atoms with Crippen molar-refractivity contribution in [3.63, 3.8) is 0 Å². The van der Waals surface area contributed by atoms with E-state index >= 15 is 0 Å². The number of nitrogens with two attached hydrogens (primary N) is 1. The number of hydrogen-bond donors (Lipinski definition) is 1. The lowest BCUT2D eigenvalue weighted by molar-refractivity contribution is 0.414. The van der Waals surface area contributed by atoms with Gasteiger partial charge in [-0.1, -0.05) is 12.1 Å². The molecule has 2 aromatic rings. The first-order valence-corrected chi connectivity index (χ1v) is 7.38. The van der Waals surface area contributed by atoms with E-state index in [0.717, 1.165) is 22.6 Å². The molecule has 0 heterocycles. The SMILES string of the molecule is COc1ccc(CCS(=O)c2ccc(N)cc2)cc1. The van der Waals surface area contributed by atoms with Crippen LogP contribution in [0.5, 0.6) is 5.75 Å². The second-order valence-corrected chi connectivity index (χ2v) is 5.79. The fraction of sp³-hybridized carbons (Fsp3) is 0.200. The molecule has 0 aliphatic heterocycles. The van der Waals surface area contributed by atoms with Gasteiger partial charge in [-0.25, -0.2) is 0 Å². The van der Waals surface area contributed by atoms with Crippen LogP contribution in [0.4, 0.5) is 5.69 Å². The first kappa shape index (κ1) is 13.6. The predicted molar refractivity (Wildman–Crippen MR) is 78.8 cm³/mol. The van der Waals surface area contributed by atoms with Gasteiger partial charge in [-0.3, -0.25) is 4.21 Å². The maximum absolute atomic E-state index is 12.1. The molecule has 0 aromatic heterocycles. The molecule has 0 spiro atoms. The van der Waals surface area contributed by atoms with Crippen molar-refractivity contribution in [3.8, 4) is 5.75 Å². The van der Waals surface area contributed by atoms with E-state index in [0.29, 0.717) is 11.4 Å². The number of nitrogen functional groups attached to an aromatic ring is 1. The zero-order chi connectivity index (χ0) is 13.7. The highest BCUT2D eigenvalue weighted by molar-refractivity contribution is 7.85. The molecule has 3 nitrogen and oxygen atoms in total. The monoisotopic (exact) mass is 275 g/mol. The van der Waals surface area contributed by atoms with Crippen molar-refractivity contribution in [2.24, 2.45) is 0 Å². The molecule has 1 atom stereocenters. The van der Waals surface area contributed by atoms with E-state index in [2.05, 4.69) is 0 Å². The summed E-state index contributed by atoms with van der Waals surface area (Å²) in [6.45, 7) is 0. The van der Waals surface area contributed by atoms with Crippen LogP contribution in [0.2, 0.25) is 0 Å². The summed E-state index contributed by atoms with van der Waals surface area (Å²) >= 11 is 0. The van der Waals surface area contributed by atoms with E-state index in [1.165, 1.54) is 0 Å². The van der Waals surface area contributed by atoms with Crippen LogP contribution in [0.1, 0.15) is 5.56 Å². The van der Waals surface area contributed by atoms with Gasteiger partial charge in [0.25, 0.3) is 0 Å². The lowest BCUT2D eigenvalue weighted by atomic mass is 10.2. The van der Waals surface area contributed by atoms with Gasteiger partial charge in [-0.05, 0) is 48.4 Å². The van der Waals surface area contributed by atoms with Crippen molar-refractivity contribution in [2.45, 2.75) is 11.3 Å². The van der Waals surface area contributed by atoms with E-state index in [-0.39, 0.29) is 0 Å². The average molecular weight is 275 g/mol. The Bertz CT molecular complexity index is 549. The Hall–Kier alpha value is -1.81. The van der Waals surface area contributed by atoms with E-state index < -0.39 is 10.8 Å². The molecule has 1 unspecified atom stereocenters. The summed E-state index contributed by atoms with van der Waals surface area (Å²) in [4.78, 5) is 0.822. The van der Waals surface area contributed by atoms with Crippen molar-refractivity contribution in [2.75, 3.05) is 18.6 Å². The van der Waals surface area contributed by atoms with Gasteiger partial charge in [0.1, 0.15) is 5.75 Å². The normalized spacial score (nSPS) is 12.1. The van der Waals surface area contributed by atoms with Gasteiger partial charge in [0, 0.05) is 16.3 Å². The van der Waals surface area contributed by atoms with Gasteiger partial charge in [0.2, 0.25) is 0 Å². The van der Waals surface area contributed by atoms with Crippen LogP contribution in [-0.4, -0.2) is 17.1 Å². The standard InChI is InChI=1S/C15H17NO2S/c1-18-14-6-2-12(3-7-14)10-11-19(17)15-8-4-13(16)5-9-15/h2-9H,10-11,16H2,1H3. The topological polar surface area (TPSA) is 52.3 Å². The number of anilines is 1. The minimum absolute atomic E-state index is 0.607. The van der Waals surface area contributed by atoms with Crippen LogP contribution in [0.15, 0.2) is 53.4 Å². The third-order valence-corrected chi connectivity index (χ3v) is 4.25. The van der Waals surface area contributed by atoms with Crippen LogP contribution in [-0.2, 0) is 17.2 Å². The average Bonchev–Trinajstić information content (AvgIpc) is 2.46. The summed E-state index contributed by atoms with van der Waals surface area (Å²) in [6.07, 6.45) is 0.779. The third kappa shape index (κ3) is 3.83. The zero-order valence-electron chi connectivity index (χ0n) is 10.8. The molecule has 2 rings (SSSR count). The summed E-state index contributed by atoms with van der Waals surface area (Å²) in [5.74, 6) is 1.44. The highest BCUT2D eigenvalue weighted by Gasteiger charge is 2.04. The van der Waals surface area contributed by atoms with Crippen LogP contribution in [0.3, 0.4) is 0 Å². The van der Waals surface area contributed by atoms with Gasteiger partial charge >= 0.3 is 0 Å². The van der Waals surface area contributed by atoms with Gasteiger partial charge in [-0.15, -0.1) is 0 Å². The van der Waals surface area contributed by atoms with Crippen LogP contribution in [0.25, 0.3) is 0 Å². The van der Waals surface area contributed by atoms with Gasteiger partial charge < -0.3 is 10.5 Å². The minimum Gasteiger partial charge on any atom is -0.497 e. The van der Waals surface area contributed by atoms with Crippen molar-refractivity contribution >= 4 is 16.5 Å². The fourth-order valence-corrected chi connectivity index (χ4v) is 2.84. The largest absolute Gasteiger partial charge is 0.497 e. The molecule has 0 aliphatic carbocycles. The Morgan fingerprint density at radius 2 is 1.68 bits per heavy atom. The highest BCUT2D eigenvalue weighted by atomic mass is 32.2. The van der Waals surface area contributed by atoms with E-state index in [1.54, 1.807) is 19.2 Å². The van der Waals surface area contributed by atoms with Crippen molar-refractivity contribution in [3.05, 3.63) is 54.1 Å². The highest BCUT2D eigenvalue weighted by Crippen LogP contribution is 2.14. The summed E-state index contributed by atoms with van der Waals surface area (Å²) in [5.41, 5.74) is 7.46. The van der Waals surface area contributed by atoms with Gasteiger partial charge in [-0.2, -0.15) is 0 Å². The molecule has 100 valence electrons. The number of hydrogen-bond acceptors (Lipinski definition) is 3. The molecule has 4 heteroatoms. The fourth-order valence-electron chi connectivity index (χ4n) is 1.74. The molecular weight excluding hydrogens is 258 g/mol. The van der Waals surface area contributed by atoms with E-state index in [9.17, 15) is 4.21 Å². The number of benzene rings is 2. The predicted octanol–water partition coefficient (Wildman–Crippen LogP) is 2.63. The van der Waals surface area contributed by atoms with Crippen molar-refractivity contribution in [1.29, 1.82) is 0 Å². The molecule has 0 aliphatic rings. The molecule has 0 radical (unpaired) electrons. The maximum Gasteiger partial charge on any atom is 0.118 e. The number of methoxy groups -OCH3 is 1. The lowest BCUT2D eigenvalue weighted by Gasteiger charge is -2.04. The van der Waals surface area contributed by atoms with Crippen molar-refractivity contribution in [1.82, 2.24) is 0 Å². The minimum atomic E-state index is -0.986. The molecule has 0 fully saturated rings. The van der Waals surface area contributed by atoms with E-state index in [4.69, 9.17) is 10.5 Å². The molecule has 19 heavy (non-hydrogen) atoms. The summed E-state index contributed by atoms with van der Waals surface area (Å²) in [6, 6.07) is 15.0. The molecule has 2 N–H and O–H groups in total. The van der Waals surface area contributed by atoms with Gasteiger partial charge in [0.15, 0.2) is 0 Å². The first-order valence-electron chi connectivity index (χ1n) is 6.06. The number of ether oxygens (including phenoxy) is 1. The van der Waals surface area contributed by atoms with Gasteiger partial charge in [0.05, 0.1) is 17.9 Å². The summed E-state index contributed by atoms with van der Waals surface area (Å²) in [5, 5.41) is 0. The molecule has 0 amide bonds. The van der Waals surface area contributed by atoms with Crippen LogP contribution >= 0.6 is 0 Å². The smallest absolute Gasteiger partial charge is 0.118 e.